The predicted molar refractivity (Wildman–Crippen MR) is 80.2 cm³/mol. The summed E-state index contributed by atoms with van der Waals surface area (Å²) in [6, 6.07) is 8.48. The first-order chi connectivity index (χ1) is 9.70. The van der Waals surface area contributed by atoms with Crippen LogP contribution in [0.15, 0.2) is 29.4 Å². The van der Waals surface area contributed by atoms with Gasteiger partial charge in [-0.2, -0.15) is 0 Å². The number of hydrogen-bond donors (Lipinski definition) is 0. The fraction of sp³-hybridized carbons (Fsp3) is 0.500. The number of hydrogen-bond acceptors (Lipinski definition) is 5. The van der Waals surface area contributed by atoms with Gasteiger partial charge in [-0.3, -0.25) is 0 Å². The van der Waals surface area contributed by atoms with Gasteiger partial charge in [-0.05, 0) is 48.4 Å². The van der Waals surface area contributed by atoms with Crippen molar-refractivity contribution in [3.05, 3.63) is 29.8 Å². The number of nitrogens with zero attached hydrogens (tertiary/aromatic N) is 4. The van der Waals surface area contributed by atoms with E-state index in [-0.39, 0.29) is 6.04 Å². The van der Waals surface area contributed by atoms with Crippen LogP contribution >= 0.6 is 11.8 Å². The quantitative estimate of drug-likeness (QED) is 0.580. The third-order valence-corrected chi connectivity index (χ3v) is 3.74. The lowest BCUT2D eigenvalue weighted by molar-refractivity contribution is 0.343. The van der Waals surface area contributed by atoms with Gasteiger partial charge < -0.3 is 4.74 Å². The van der Waals surface area contributed by atoms with Gasteiger partial charge in [-0.15, -0.1) is 5.10 Å². The number of ether oxygens (including phenoxy) is 1. The molecule has 108 valence electrons. The molecule has 0 N–H and O–H groups in total. The number of aromatic nitrogens is 4. The standard InChI is InChI=1S/C14H20N4OS/c1-4-12-6-5-7-13(10-12)19-8-9-20-14-15-16-17-18(14)11(2)3/h5-7,10-11H,4,8-9H2,1-3H3. The molecule has 0 unspecified atom stereocenters. The lowest BCUT2D eigenvalue weighted by Crippen LogP contribution is -2.06. The maximum atomic E-state index is 5.75. The van der Waals surface area contributed by atoms with Crippen molar-refractivity contribution < 1.29 is 4.74 Å². The fourth-order valence-electron chi connectivity index (χ4n) is 1.75. The van der Waals surface area contributed by atoms with E-state index in [2.05, 4.69) is 48.4 Å². The highest BCUT2D eigenvalue weighted by atomic mass is 32.2. The van der Waals surface area contributed by atoms with Crippen molar-refractivity contribution in [1.29, 1.82) is 0 Å². The molecular weight excluding hydrogens is 272 g/mol. The van der Waals surface area contributed by atoms with E-state index in [1.54, 1.807) is 11.8 Å². The van der Waals surface area contributed by atoms with E-state index in [0.29, 0.717) is 6.61 Å². The minimum atomic E-state index is 0.273. The monoisotopic (exact) mass is 292 g/mol. The topological polar surface area (TPSA) is 52.8 Å². The van der Waals surface area contributed by atoms with Crippen LogP contribution in [-0.4, -0.2) is 32.6 Å². The molecule has 0 fully saturated rings. The summed E-state index contributed by atoms with van der Waals surface area (Å²) in [6.07, 6.45) is 1.02. The van der Waals surface area contributed by atoms with Crippen LogP contribution in [0.3, 0.4) is 0 Å². The highest BCUT2D eigenvalue weighted by molar-refractivity contribution is 7.99. The van der Waals surface area contributed by atoms with E-state index >= 15 is 0 Å². The van der Waals surface area contributed by atoms with Crippen molar-refractivity contribution in [3.63, 3.8) is 0 Å². The molecular formula is C14H20N4OS. The van der Waals surface area contributed by atoms with Gasteiger partial charge in [0.25, 0.3) is 0 Å². The highest BCUT2D eigenvalue weighted by Crippen LogP contribution is 2.18. The smallest absolute Gasteiger partial charge is 0.209 e. The van der Waals surface area contributed by atoms with Gasteiger partial charge in [-0.25, -0.2) is 4.68 Å². The molecule has 1 heterocycles. The molecule has 0 radical (unpaired) electrons. The zero-order valence-electron chi connectivity index (χ0n) is 12.1. The van der Waals surface area contributed by atoms with Crippen LogP contribution in [0.4, 0.5) is 0 Å². The molecule has 1 aromatic carbocycles. The minimum absolute atomic E-state index is 0.273. The first kappa shape index (κ1) is 14.8. The van der Waals surface area contributed by atoms with E-state index in [9.17, 15) is 0 Å². The van der Waals surface area contributed by atoms with Crippen LogP contribution in [0, 0.1) is 0 Å². The van der Waals surface area contributed by atoms with Crippen molar-refractivity contribution in [2.45, 2.75) is 38.4 Å². The molecule has 0 bridgehead atoms. The summed E-state index contributed by atoms with van der Waals surface area (Å²) in [4.78, 5) is 0. The van der Waals surface area contributed by atoms with Crippen molar-refractivity contribution in [1.82, 2.24) is 20.2 Å². The Morgan fingerprint density at radius 1 is 1.35 bits per heavy atom. The van der Waals surface area contributed by atoms with Gasteiger partial charge in [0, 0.05) is 5.75 Å². The molecule has 1 aromatic heterocycles. The third-order valence-electron chi connectivity index (χ3n) is 2.84. The third kappa shape index (κ3) is 3.96. The number of thioether (sulfide) groups is 1. The molecule has 0 saturated heterocycles. The molecule has 2 aromatic rings. The molecule has 2 rings (SSSR count). The van der Waals surface area contributed by atoms with Crippen molar-refractivity contribution >= 4 is 11.8 Å². The zero-order chi connectivity index (χ0) is 14.4. The Balaban J connectivity index is 1.80. The normalized spacial score (nSPS) is 11.0. The molecule has 0 atom stereocenters. The Hall–Kier alpha value is -1.56. The summed E-state index contributed by atoms with van der Waals surface area (Å²) < 4.78 is 7.57. The van der Waals surface area contributed by atoms with Gasteiger partial charge in [0.1, 0.15) is 5.75 Å². The average Bonchev–Trinajstić information content (AvgIpc) is 2.92. The molecule has 6 heteroatoms. The average molecular weight is 292 g/mol. The lowest BCUT2D eigenvalue weighted by atomic mass is 10.2. The Labute approximate surface area is 123 Å². The van der Waals surface area contributed by atoms with Crippen molar-refractivity contribution in [2.75, 3.05) is 12.4 Å². The molecule has 5 nitrogen and oxygen atoms in total. The Morgan fingerprint density at radius 3 is 2.95 bits per heavy atom. The Kier molecular flexibility index (Phi) is 5.40. The first-order valence-corrected chi connectivity index (χ1v) is 7.81. The summed E-state index contributed by atoms with van der Waals surface area (Å²) >= 11 is 1.61. The molecule has 0 spiro atoms. The van der Waals surface area contributed by atoms with Gasteiger partial charge in [0.05, 0.1) is 12.6 Å². The second kappa shape index (κ2) is 7.28. The van der Waals surface area contributed by atoms with E-state index in [1.807, 2.05) is 16.8 Å². The predicted octanol–water partition coefficient (Wildman–Crippen LogP) is 2.99. The van der Waals surface area contributed by atoms with E-state index in [1.165, 1.54) is 5.56 Å². The summed E-state index contributed by atoms with van der Waals surface area (Å²) in [6.45, 7) is 6.91. The summed E-state index contributed by atoms with van der Waals surface area (Å²) in [5.41, 5.74) is 1.29. The van der Waals surface area contributed by atoms with Crippen LogP contribution in [0.2, 0.25) is 0 Å². The Morgan fingerprint density at radius 2 is 2.20 bits per heavy atom. The summed E-state index contributed by atoms with van der Waals surface area (Å²) in [5.74, 6) is 1.75. The zero-order valence-corrected chi connectivity index (χ0v) is 12.9. The number of rotatable bonds is 7. The van der Waals surface area contributed by atoms with Gasteiger partial charge in [0.15, 0.2) is 0 Å². The molecule has 0 saturated carbocycles. The van der Waals surface area contributed by atoms with Gasteiger partial charge >= 0.3 is 0 Å². The van der Waals surface area contributed by atoms with Crippen LogP contribution in [0.5, 0.6) is 5.75 Å². The van der Waals surface area contributed by atoms with E-state index in [4.69, 9.17) is 4.74 Å². The summed E-state index contributed by atoms with van der Waals surface area (Å²) in [7, 11) is 0. The van der Waals surface area contributed by atoms with Gasteiger partial charge in [-0.1, -0.05) is 30.8 Å². The SMILES string of the molecule is CCc1cccc(OCCSc2nnnn2C(C)C)c1. The first-order valence-electron chi connectivity index (χ1n) is 6.83. The van der Waals surface area contributed by atoms with Crippen LogP contribution < -0.4 is 4.74 Å². The van der Waals surface area contributed by atoms with Gasteiger partial charge in [0.2, 0.25) is 5.16 Å². The molecule has 0 amide bonds. The number of aryl methyl sites for hydroxylation is 1. The highest BCUT2D eigenvalue weighted by Gasteiger charge is 2.09. The minimum Gasteiger partial charge on any atom is -0.493 e. The largest absolute Gasteiger partial charge is 0.493 e. The number of tetrazole rings is 1. The van der Waals surface area contributed by atoms with Crippen LogP contribution in [-0.2, 0) is 6.42 Å². The second-order valence-electron chi connectivity index (χ2n) is 4.70. The van der Waals surface area contributed by atoms with Crippen molar-refractivity contribution in [3.8, 4) is 5.75 Å². The van der Waals surface area contributed by atoms with Crippen LogP contribution in [0.25, 0.3) is 0 Å². The molecule has 20 heavy (non-hydrogen) atoms. The van der Waals surface area contributed by atoms with Crippen LogP contribution in [0.1, 0.15) is 32.4 Å². The van der Waals surface area contributed by atoms with Crippen molar-refractivity contribution in [2.24, 2.45) is 0 Å². The lowest BCUT2D eigenvalue weighted by Gasteiger charge is -2.08. The van der Waals surface area contributed by atoms with E-state index in [0.717, 1.165) is 23.1 Å². The molecule has 0 aliphatic heterocycles. The summed E-state index contributed by atoms with van der Waals surface area (Å²) in [5, 5.41) is 12.5. The second-order valence-corrected chi connectivity index (χ2v) is 5.76. The maximum absolute atomic E-state index is 5.75. The Bertz CT molecular complexity index is 541. The number of benzene rings is 1. The molecule has 0 aliphatic carbocycles. The fourth-order valence-corrected chi connectivity index (χ4v) is 2.58. The molecule has 0 aliphatic rings. The maximum Gasteiger partial charge on any atom is 0.209 e. The van der Waals surface area contributed by atoms with E-state index < -0.39 is 0 Å².